The summed E-state index contributed by atoms with van der Waals surface area (Å²) < 4.78 is 13.7. The van der Waals surface area contributed by atoms with Gasteiger partial charge in [-0.25, -0.2) is 4.39 Å². The molecule has 0 aromatic heterocycles. The van der Waals surface area contributed by atoms with Crippen molar-refractivity contribution >= 4 is 5.91 Å². The van der Waals surface area contributed by atoms with Crippen molar-refractivity contribution in [1.29, 1.82) is 0 Å². The van der Waals surface area contributed by atoms with Crippen LogP contribution in [-0.2, 0) is 11.3 Å². The van der Waals surface area contributed by atoms with E-state index in [2.05, 4.69) is 4.90 Å². The van der Waals surface area contributed by atoms with Crippen molar-refractivity contribution in [2.45, 2.75) is 38.3 Å². The summed E-state index contributed by atoms with van der Waals surface area (Å²) in [5.41, 5.74) is 0.614. The maximum atomic E-state index is 13.7. The fraction of sp³-hybridized carbons (Fsp3) is 0.562. The minimum atomic E-state index is -0.219. The second-order valence-corrected chi connectivity index (χ2v) is 5.75. The number of amides is 1. The van der Waals surface area contributed by atoms with Crippen molar-refractivity contribution in [1.82, 2.24) is 9.80 Å². The van der Waals surface area contributed by atoms with E-state index in [9.17, 15) is 9.18 Å². The van der Waals surface area contributed by atoms with Crippen LogP contribution in [0.4, 0.5) is 4.39 Å². The lowest BCUT2D eigenvalue weighted by Crippen LogP contribution is -2.51. The third-order valence-electron chi connectivity index (χ3n) is 4.40. The second-order valence-electron chi connectivity index (χ2n) is 5.75. The average molecular weight is 276 g/mol. The lowest BCUT2D eigenvalue weighted by Gasteiger charge is -2.36. The van der Waals surface area contributed by atoms with Crippen molar-refractivity contribution in [3.63, 3.8) is 0 Å². The van der Waals surface area contributed by atoms with Gasteiger partial charge in [0.15, 0.2) is 0 Å². The van der Waals surface area contributed by atoms with Gasteiger partial charge in [0, 0.05) is 18.7 Å². The zero-order chi connectivity index (χ0) is 13.9. The molecule has 1 aromatic rings. The molecule has 1 amide bonds. The van der Waals surface area contributed by atoms with Gasteiger partial charge in [0.05, 0.1) is 6.04 Å². The average Bonchev–Trinajstić information content (AvgIpc) is 2.97. The van der Waals surface area contributed by atoms with E-state index in [1.807, 2.05) is 11.0 Å². The molecule has 4 heteroatoms. The topological polar surface area (TPSA) is 23.6 Å². The van der Waals surface area contributed by atoms with Gasteiger partial charge in [-0.2, -0.15) is 0 Å². The van der Waals surface area contributed by atoms with Gasteiger partial charge < -0.3 is 4.90 Å². The Labute approximate surface area is 119 Å². The third kappa shape index (κ3) is 2.70. The molecule has 2 fully saturated rings. The van der Waals surface area contributed by atoms with Gasteiger partial charge in [-0.05, 0) is 44.8 Å². The zero-order valence-corrected chi connectivity index (χ0v) is 11.7. The van der Waals surface area contributed by atoms with Crippen LogP contribution in [0.1, 0.15) is 31.2 Å². The summed E-state index contributed by atoms with van der Waals surface area (Å²) in [6.45, 7) is 3.21. The first-order valence-corrected chi connectivity index (χ1v) is 7.52. The first-order valence-electron chi connectivity index (χ1n) is 7.52. The maximum Gasteiger partial charge on any atom is 0.240 e. The number of hydrogen-bond acceptors (Lipinski definition) is 2. The van der Waals surface area contributed by atoms with E-state index in [1.54, 1.807) is 12.1 Å². The molecule has 0 aliphatic carbocycles. The molecule has 0 saturated carbocycles. The Morgan fingerprint density at radius 2 is 1.85 bits per heavy atom. The molecule has 2 aliphatic heterocycles. The van der Waals surface area contributed by atoms with E-state index in [-0.39, 0.29) is 17.8 Å². The summed E-state index contributed by atoms with van der Waals surface area (Å²) in [5, 5.41) is 0. The summed E-state index contributed by atoms with van der Waals surface area (Å²) in [7, 11) is 0. The Bertz CT molecular complexity index is 485. The molecule has 0 bridgehead atoms. The summed E-state index contributed by atoms with van der Waals surface area (Å²) in [4.78, 5) is 16.7. The van der Waals surface area contributed by atoms with E-state index in [0.29, 0.717) is 12.1 Å². The Balaban J connectivity index is 1.70. The highest BCUT2D eigenvalue weighted by atomic mass is 19.1. The molecule has 0 radical (unpaired) electrons. The fourth-order valence-electron chi connectivity index (χ4n) is 3.30. The summed E-state index contributed by atoms with van der Waals surface area (Å²) in [6, 6.07) is 6.76. The normalized spacial score (nSPS) is 24.4. The molecular formula is C16H21FN2O. The molecule has 2 heterocycles. The van der Waals surface area contributed by atoms with Crippen molar-refractivity contribution in [3.8, 4) is 0 Å². The third-order valence-corrected chi connectivity index (χ3v) is 4.40. The fourth-order valence-corrected chi connectivity index (χ4v) is 3.30. The first kappa shape index (κ1) is 13.6. The Kier molecular flexibility index (Phi) is 4.01. The predicted octanol–water partition coefficient (Wildman–Crippen LogP) is 2.41. The molecule has 3 rings (SSSR count). The number of piperidine rings is 1. The minimum Gasteiger partial charge on any atom is -0.337 e. The first-order chi connectivity index (χ1) is 9.75. The molecule has 1 atom stereocenters. The van der Waals surface area contributed by atoms with Gasteiger partial charge >= 0.3 is 0 Å². The number of hydrogen-bond donors (Lipinski definition) is 0. The zero-order valence-electron chi connectivity index (χ0n) is 11.7. The second kappa shape index (κ2) is 5.92. The molecular weight excluding hydrogens is 255 g/mol. The van der Waals surface area contributed by atoms with Crippen LogP contribution in [0.2, 0.25) is 0 Å². The SMILES string of the molecule is O=C1[C@@H](N2CCCC2)CCCN1Cc1ccccc1F. The van der Waals surface area contributed by atoms with Crippen molar-refractivity contribution in [2.75, 3.05) is 19.6 Å². The van der Waals surface area contributed by atoms with E-state index in [4.69, 9.17) is 0 Å². The van der Waals surface area contributed by atoms with Crippen molar-refractivity contribution < 1.29 is 9.18 Å². The van der Waals surface area contributed by atoms with E-state index >= 15 is 0 Å². The van der Waals surface area contributed by atoms with Gasteiger partial charge in [-0.1, -0.05) is 18.2 Å². The predicted molar refractivity (Wildman–Crippen MR) is 75.6 cm³/mol. The van der Waals surface area contributed by atoms with Crippen LogP contribution in [0.25, 0.3) is 0 Å². The summed E-state index contributed by atoms with van der Waals surface area (Å²) >= 11 is 0. The van der Waals surface area contributed by atoms with Crippen LogP contribution < -0.4 is 0 Å². The van der Waals surface area contributed by atoms with Crippen LogP contribution in [0.3, 0.4) is 0 Å². The van der Waals surface area contributed by atoms with Crippen molar-refractivity contribution in [2.24, 2.45) is 0 Å². The molecule has 0 unspecified atom stereocenters. The molecule has 20 heavy (non-hydrogen) atoms. The molecule has 1 aromatic carbocycles. The minimum absolute atomic E-state index is 0.0259. The Hall–Kier alpha value is -1.42. The highest BCUT2D eigenvalue weighted by molar-refractivity contribution is 5.82. The molecule has 108 valence electrons. The highest BCUT2D eigenvalue weighted by Crippen LogP contribution is 2.23. The molecule has 3 nitrogen and oxygen atoms in total. The maximum absolute atomic E-state index is 13.7. The van der Waals surface area contributed by atoms with Crippen molar-refractivity contribution in [3.05, 3.63) is 35.6 Å². The summed E-state index contributed by atoms with van der Waals surface area (Å²) in [6.07, 6.45) is 4.35. The monoisotopic (exact) mass is 276 g/mol. The molecule has 0 N–H and O–H groups in total. The van der Waals surface area contributed by atoms with E-state index in [1.165, 1.54) is 18.9 Å². The number of likely N-dealkylation sites (tertiary alicyclic amines) is 2. The van der Waals surface area contributed by atoms with Gasteiger partial charge in [-0.3, -0.25) is 9.69 Å². The quantitative estimate of drug-likeness (QED) is 0.846. The van der Waals surface area contributed by atoms with E-state index in [0.717, 1.165) is 32.5 Å². The van der Waals surface area contributed by atoms with Gasteiger partial charge in [0.2, 0.25) is 5.91 Å². The van der Waals surface area contributed by atoms with Gasteiger partial charge in [-0.15, -0.1) is 0 Å². The number of benzene rings is 1. The number of nitrogens with zero attached hydrogens (tertiary/aromatic N) is 2. The van der Waals surface area contributed by atoms with Gasteiger partial charge in [0.25, 0.3) is 0 Å². The standard InChI is InChI=1S/C16H21FN2O/c17-14-7-2-1-6-13(14)12-19-11-5-8-15(16(19)20)18-9-3-4-10-18/h1-2,6-7,15H,3-5,8-12H2/t15-/m0/s1. The van der Waals surface area contributed by atoms with Crippen LogP contribution in [0.15, 0.2) is 24.3 Å². The smallest absolute Gasteiger partial charge is 0.240 e. The highest BCUT2D eigenvalue weighted by Gasteiger charge is 2.34. The largest absolute Gasteiger partial charge is 0.337 e. The molecule has 0 spiro atoms. The molecule has 2 saturated heterocycles. The number of carbonyl (C=O) groups excluding carboxylic acids is 1. The number of rotatable bonds is 3. The van der Waals surface area contributed by atoms with E-state index < -0.39 is 0 Å². The lowest BCUT2D eigenvalue weighted by atomic mass is 10.0. The van der Waals surface area contributed by atoms with Gasteiger partial charge in [0.1, 0.15) is 5.82 Å². The van der Waals surface area contributed by atoms with Crippen LogP contribution in [-0.4, -0.2) is 41.4 Å². The molecule has 2 aliphatic rings. The van der Waals surface area contributed by atoms with Crippen LogP contribution in [0, 0.1) is 5.82 Å². The lowest BCUT2D eigenvalue weighted by molar-refractivity contribution is -0.140. The Morgan fingerprint density at radius 1 is 1.10 bits per heavy atom. The number of carbonyl (C=O) groups is 1. The van der Waals surface area contributed by atoms with Crippen LogP contribution in [0.5, 0.6) is 0 Å². The summed E-state index contributed by atoms with van der Waals surface area (Å²) in [5.74, 6) is -0.0370. The Morgan fingerprint density at radius 3 is 2.60 bits per heavy atom. The van der Waals surface area contributed by atoms with Crippen LogP contribution >= 0.6 is 0 Å². The number of halogens is 1.